The maximum absolute atomic E-state index is 3.16. The number of hydrogen-bond acceptors (Lipinski definition) is 1. The van der Waals surface area contributed by atoms with Crippen molar-refractivity contribution in [2.45, 2.75) is 40.5 Å². The molecule has 1 aliphatic rings. The minimum absolute atomic E-state index is 0.446. The van der Waals surface area contributed by atoms with Crippen molar-refractivity contribution in [3.05, 3.63) is 24.0 Å². The van der Waals surface area contributed by atoms with Crippen LogP contribution < -0.4 is 5.32 Å². The van der Waals surface area contributed by atoms with Crippen molar-refractivity contribution < 1.29 is 0 Å². The third kappa shape index (κ3) is 3.67. The molecule has 1 unspecified atom stereocenters. The van der Waals surface area contributed by atoms with Crippen molar-refractivity contribution in [1.82, 2.24) is 5.32 Å². The van der Waals surface area contributed by atoms with E-state index in [9.17, 15) is 0 Å². The molecule has 0 saturated heterocycles. The molecule has 1 atom stereocenters. The number of allylic oxidation sites excluding steroid dienone is 2. The molecule has 0 amide bonds. The summed E-state index contributed by atoms with van der Waals surface area (Å²) in [5.74, 6) is 0.614. The van der Waals surface area contributed by atoms with Crippen LogP contribution in [0.5, 0.6) is 0 Å². The van der Waals surface area contributed by atoms with Crippen LogP contribution in [0.1, 0.15) is 40.5 Å². The molecular formula is C12H21N. The monoisotopic (exact) mass is 179 g/mol. The summed E-state index contributed by atoms with van der Waals surface area (Å²) in [6, 6.07) is 0. The highest BCUT2D eigenvalue weighted by Gasteiger charge is 2.14. The molecule has 0 saturated carbocycles. The molecule has 0 aromatic carbocycles. The lowest BCUT2D eigenvalue weighted by atomic mass is 9.85. The minimum atomic E-state index is 0.446. The van der Waals surface area contributed by atoms with E-state index in [0.29, 0.717) is 11.3 Å². The lowest BCUT2D eigenvalue weighted by Gasteiger charge is -2.22. The standard InChI is InChI=1S/C12H21N/c1-10-6-8-13-9-11(10)5-7-12(2,3)4/h6,8-10,13H,5,7H2,1-4H3. The lowest BCUT2D eigenvalue weighted by molar-refractivity contribution is 0.373. The van der Waals surface area contributed by atoms with Crippen LogP contribution in [0.3, 0.4) is 0 Å². The van der Waals surface area contributed by atoms with E-state index in [0.717, 1.165) is 0 Å². The summed E-state index contributed by atoms with van der Waals surface area (Å²) in [4.78, 5) is 0. The van der Waals surface area contributed by atoms with Gasteiger partial charge in [0.2, 0.25) is 0 Å². The zero-order chi connectivity index (χ0) is 9.90. The average molecular weight is 179 g/mol. The highest BCUT2D eigenvalue weighted by Crippen LogP contribution is 2.27. The van der Waals surface area contributed by atoms with Crippen molar-refractivity contribution in [2.75, 3.05) is 0 Å². The van der Waals surface area contributed by atoms with Gasteiger partial charge in [-0.3, -0.25) is 0 Å². The number of nitrogens with one attached hydrogen (secondary N) is 1. The molecule has 0 aliphatic carbocycles. The highest BCUT2D eigenvalue weighted by molar-refractivity contribution is 5.16. The van der Waals surface area contributed by atoms with Gasteiger partial charge < -0.3 is 5.32 Å². The Kier molecular flexibility index (Phi) is 3.18. The van der Waals surface area contributed by atoms with Crippen LogP contribution >= 0.6 is 0 Å². The van der Waals surface area contributed by atoms with Crippen LogP contribution in [0.2, 0.25) is 0 Å². The third-order valence-electron chi connectivity index (χ3n) is 2.50. The van der Waals surface area contributed by atoms with Crippen LogP contribution in [0.15, 0.2) is 24.0 Å². The van der Waals surface area contributed by atoms with Crippen molar-refractivity contribution in [3.8, 4) is 0 Å². The van der Waals surface area contributed by atoms with Crippen LogP contribution in [0, 0.1) is 11.3 Å². The molecule has 1 heterocycles. The molecule has 0 aromatic heterocycles. The Bertz CT molecular complexity index is 218. The summed E-state index contributed by atoms with van der Waals surface area (Å²) in [6.07, 6.45) is 8.86. The Labute approximate surface area is 81.9 Å². The summed E-state index contributed by atoms with van der Waals surface area (Å²) >= 11 is 0. The molecule has 74 valence electrons. The molecule has 1 rings (SSSR count). The van der Waals surface area contributed by atoms with Gasteiger partial charge in [-0.2, -0.15) is 0 Å². The summed E-state index contributed by atoms with van der Waals surface area (Å²) in [5.41, 5.74) is 1.97. The Morgan fingerprint density at radius 1 is 1.38 bits per heavy atom. The molecule has 13 heavy (non-hydrogen) atoms. The Hall–Kier alpha value is -0.720. The van der Waals surface area contributed by atoms with E-state index in [4.69, 9.17) is 0 Å². The second-order valence-corrected chi connectivity index (χ2v) is 5.09. The molecule has 0 fully saturated rings. The zero-order valence-electron chi connectivity index (χ0n) is 9.22. The molecule has 0 aromatic rings. The van der Waals surface area contributed by atoms with Crippen LogP contribution in [-0.4, -0.2) is 0 Å². The van der Waals surface area contributed by atoms with Crippen molar-refractivity contribution in [3.63, 3.8) is 0 Å². The van der Waals surface area contributed by atoms with Gasteiger partial charge >= 0.3 is 0 Å². The molecule has 1 N–H and O–H groups in total. The lowest BCUT2D eigenvalue weighted by Crippen LogP contribution is -2.12. The van der Waals surface area contributed by atoms with Crippen LogP contribution in [0.4, 0.5) is 0 Å². The SMILES string of the molecule is CC1C=CNC=C1CCC(C)(C)C. The van der Waals surface area contributed by atoms with E-state index in [1.54, 1.807) is 0 Å². The van der Waals surface area contributed by atoms with Gasteiger partial charge in [-0.1, -0.05) is 33.8 Å². The van der Waals surface area contributed by atoms with Gasteiger partial charge in [0, 0.05) is 6.20 Å². The fourth-order valence-corrected chi connectivity index (χ4v) is 1.43. The molecule has 0 spiro atoms. The first-order valence-electron chi connectivity index (χ1n) is 5.11. The van der Waals surface area contributed by atoms with E-state index in [1.165, 1.54) is 18.4 Å². The molecule has 1 nitrogen and oxygen atoms in total. The van der Waals surface area contributed by atoms with Crippen LogP contribution in [0.25, 0.3) is 0 Å². The van der Waals surface area contributed by atoms with Crippen molar-refractivity contribution >= 4 is 0 Å². The van der Waals surface area contributed by atoms with Gasteiger partial charge in [0.1, 0.15) is 0 Å². The smallest absolute Gasteiger partial charge is 0.000215 e. The summed E-state index contributed by atoms with van der Waals surface area (Å²) in [7, 11) is 0. The van der Waals surface area contributed by atoms with E-state index in [1.807, 2.05) is 6.20 Å². The van der Waals surface area contributed by atoms with Gasteiger partial charge in [0.05, 0.1) is 0 Å². The Balaban J connectivity index is 2.41. The second-order valence-electron chi connectivity index (χ2n) is 5.09. The molecule has 1 heteroatoms. The Morgan fingerprint density at radius 2 is 2.08 bits per heavy atom. The Morgan fingerprint density at radius 3 is 2.62 bits per heavy atom. The summed E-state index contributed by atoms with van der Waals surface area (Å²) < 4.78 is 0. The predicted octanol–water partition coefficient (Wildman–Crippen LogP) is 3.45. The minimum Gasteiger partial charge on any atom is -0.368 e. The predicted molar refractivity (Wildman–Crippen MR) is 58.2 cm³/mol. The van der Waals surface area contributed by atoms with E-state index in [-0.39, 0.29) is 0 Å². The summed E-state index contributed by atoms with van der Waals surface area (Å²) in [5, 5.41) is 3.16. The number of dihydropyridines is 1. The molecular weight excluding hydrogens is 158 g/mol. The molecule has 0 radical (unpaired) electrons. The fourth-order valence-electron chi connectivity index (χ4n) is 1.43. The van der Waals surface area contributed by atoms with Crippen LogP contribution in [-0.2, 0) is 0 Å². The fraction of sp³-hybridized carbons (Fsp3) is 0.667. The molecule has 1 aliphatic heterocycles. The van der Waals surface area contributed by atoms with E-state index >= 15 is 0 Å². The molecule has 0 bridgehead atoms. The maximum Gasteiger partial charge on any atom is 0.000215 e. The second kappa shape index (κ2) is 3.99. The first kappa shape index (κ1) is 10.4. The number of rotatable bonds is 2. The average Bonchev–Trinajstić information content (AvgIpc) is 2.01. The van der Waals surface area contributed by atoms with E-state index in [2.05, 4.69) is 45.3 Å². The summed E-state index contributed by atoms with van der Waals surface area (Å²) in [6.45, 7) is 9.14. The van der Waals surface area contributed by atoms with Gasteiger partial charge in [0.15, 0.2) is 0 Å². The van der Waals surface area contributed by atoms with Gasteiger partial charge in [-0.05, 0) is 35.9 Å². The quantitative estimate of drug-likeness (QED) is 0.684. The number of hydrogen-bond donors (Lipinski definition) is 1. The highest BCUT2D eigenvalue weighted by atomic mass is 14.8. The van der Waals surface area contributed by atoms with Crippen molar-refractivity contribution in [1.29, 1.82) is 0 Å². The van der Waals surface area contributed by atoms with Gasteiger partial charge in [-0.25, -0.2) is 0 Å². The first-order chi connectivity index (χ1) is 5.99. The third-order valence-corrected chi connectivity index (χ3v) is 2.50. The van der Waals surface area contributed by atoms with Gasteiger partial charge in [0.25, 0.3) is 0 Å². The van der Waals surface area contributed by atoms with Gasteiger partial charge in [-0.15, -0.1) is 0 Å². The van der Waals surface area contributed by atoms with E-state index < -0.39 is 0 Å². The zero-order valence-corrected chi connectivity index (χ0v) is 9.22. The largest absolute Gasteiger partial charge is 0.368 e. The topological polar surface area (TPSA) is 12.0 Å². The van der Waals surface area contributed by atoms with Crippen molar-refractivity contribution in [2.24, 2.45) is 11.3 Å². The maximum atomic E-state index is 3.16. The first-order valence-corrected chi connectivity index (χ1v) is 5.11. The normalized spacial score (nSPS) is 22.5.